The number of hydrogen-bond donors (Lipinski definition) is 1. The van der Waals surface area contributed by atoms with Crippen LogP contribution in [0.25, 0.3) is 22.4 Å². The maximum Gasteiger partial charge on any atom is 0.258 e. The zero-order valence-corrected chi connectivity index (χ0v) is 16.5. The van der Waals surface area contributed by atoms with E-state index in [2.05, 4.69) is 54.4 Å². The maximum absolute atomic E-state index is 5.62. The van der Waals surface area contributed by atoms with Gasteiger partial charge in [0.25, 0.3) is 5.89 Å². The molecular weight excluding hydrogens is 348 g/mol. The molecule has 1 unspecified atom stereocenters. The first kappa shape index (κ1) is 18.8. The molecule has 1 aliphatic carbocycles. The molecule has 1 aromatic carbocycles. The minimum atomic E-state index is 0. The lowest BCUT2D eigenvalue weighted by Crippen LogP contribution is -2.24. The number of aryl methyl sites for hydroxylation is 2. The lowest BCUT2D eigenvalue weighted by atomic mass is 10.0. The van der Waals surface area contributed by atoms with E-state index in [-0.39, 0.29) is 12.4 Å². The average molecular weight is 373 g/mol. The van der Waals surface area contributed by atoms with Crippen molar-refractivity contribution >= 4 is 23.3 Å². The van der Waals surface area contributed by atoms with Gasteiger partial charge in [0.15, 0.2) is 5.82 Å². The fourth-order valence-corrected chi connectivity index (χ4v) is 3.29. The number of fused-ring (bicyclic) bond motifs is 1. The Kier molecular flexibility index (Phi) is 5.30. The summed E-state index contributed by atoms with van der Waals surface area (Å²) in [5.74, 6) is 1.91. The van der Waals surface area contributed by atoms with E-state index in [0.29, 0.717) is 17.9 Å². The van der Waals surface area contributed by atoms with E-state index in [0.717, 1.165) is 34.4 Å². The van der Waals surface area contributed by atoms with E-state index in [4.69, 9.17) is 9.51 Å². The topological polar surface area (TPSA) is 63.8 Å². The van der Waals surface area contributed by atoms with Gasteiger partial charge < -0.3 is 9.84 Å². The monoisotopic (exact) mass is 372 g/mol. The summed E-state index contributed by atoms with van der Waals surface area (Å²) >= 11 is 0. The van der Waals surface area contributed by atoms with Crippen LogP contribution in [0.15, 0.2) is 22.7 Å². The summed E-state index contributed by atoms with van der Waals surface area (Å²) in [6.45, 7) is 6.34. The summed E-state index contributed by atoms with van der Waals surface area (Å²) in [4.78, 5) is 9.59. The summed E-state index contributed by atoms with van der Waals surface area (Å²) in [5.41, 5.74) is 5.62. The number of aromatic nitrogens is 3. The van der Waals surface area contributed by atoms with E-state index in [1.165, 1.54) is 24.0 Å². The van der Waals surface area contributed by atoms with Gasteiger partial charge in [0.05, 0.1) is 11.1 Å². The van der Waals surface area contributed by atoms with Crippen molar-refractivity contribution in [2.45, 2.75) is 52.0 Å². The zero-order valence-electron chi connectivity index (χ0n) is 15.7. The molecule has 138 valence electrons. The van der Waals surface area contributed by atoms with Crippen molar-refractivity contribution < 1.29 is 4.52 Å². The van der Waals surface area contributed by atoms with Crippen LogP contribution in [-0.2, 0) is 6.42 Å². The van der Waals surface area contributed by atoms with Crippen molar-refractivity contribution in [3.63, 3.8) is 0 Å². The second-order valence-corrected chi connectivity index (χ2v) is 7.26. The largest absolute Gasteiger partial charge is 0.334 e. The van der Waals surface area contributed by atoms with Crippen LogP contribution in [0.5, 0.6) is 0 Å². The van der Waals surface area contributed by atoms with Gasteiger partial charge in [-0.25, -0.2) is 0 Å². The number of pyridine rings is 1. The van der Waals surface area contributed by atoms with Crippen molar-refractivity contribution in [2.24, 2.45) is 0 Å². The molecule has 2 heterocycles. The second kappa shape index (κ2) is 7.33. The summed E-state index contributed by atoms with van der Waals surface area (Å²) in [5, 5.41) is 8.48. The Bertz CT molecular complexity index is 933. The molecule has 5 nitrogen and oxygen atoms in total. The van der Waals surface area contributed by atoms with Gasteiger partial charge in [-0.05, 0) is 58.4 Å². The number of hydrogen-bond acceptors (Lipinski definition) is 5. The fourth-order valence-electron chi connectivity index (χ4n) is 3.29. The van der Waals surface area contributed by atoms with Crippen molar-refractivity contribution in [3.8, 4) is 11.5 Å². The maximum atomic E-state index is 5.62. The molecule has 3 aromatic rings. The molecule has 0 aliphatic heterocycles. The normalized spacial score (nSPS) is 15.1. The van der Waals surface area contributed by atoms with Gasteiger partial charge in [-0.15, -0.1) is 12.4 Å². The van der Waals surface area contributed by atoms with Crippen molar-refractivity contribution in [1.29, 1.82) is 0 Å². The van der Waals surface area contributed by atoms with Crippen LogP contribution in [-0.4, -0.2) is 28.2 Å². The SMILES string of the molecule is CNC(C)Cc1noc(-c2cc(C3CC3)nc3c(C)cc(C)cc23)n1.Cl. The van der Waals surface area contributed by atoms with Crippen LogP contribution in [0.3, 0.4) is 0 Å². The Labute approximate surface area is 160 Å². The molecule has 0 saturated heterocycles. The minimum absolute atomic E-state index is 0. The van der Waals surface area contributed by atoms with E-state index in [1.54, 1.807) is 0 Å². The highest BCUT2D eigenvalue weighted by molar-refractivity contribution is 5.95. The number of halogens is 1. The van der Waals surface area contributed by atoms with Crippen LogP contribution in [0.2, 0.25) is 0 Å². The molecule has 0 amide bonds. The molecule has 0 bridgehead atoms. The number of benzene rings is 1. The first-order valence-electron chi connectivity index (χ1n) is 8.97. The Morgan fingerprint density at radius 1 is 1.19 bits per heavy atom. The van der Waals surface area contributed by atoms with Crippen molar-refractivity contribution in [2.75, 3.05) is 7.05 Å². The standard InChI is InChI=1S/C20H24N4O.ClH/c1-11-7-12(2)19-15(8-11)16(10-17(22-19)14-5-6-14)20-23-18(24-25-20)9-13(3)21-4;/h7-8,10,13-14,21H,5-6,9H2,1-4H3;1H. The Balaban J connectivity index is 0.00000196. The van der Waals surface area contributed by atoms with Gasteiger partial charge in [-0.1, -0.05) is 16.8 Å². The fraction of sp³-hybridized carbons (Fsp3) is 0.450. The Hall–Kier alpha value is -1.98. The van der Waals surface area contributed by atoms with Crippen LogP contribution >= 0.6 is 12.4 Å². The molecule has 6 heteroatoms. The number of nitrogens with one attached hydrogen (secondary N) is 1. The summed E-state index contributed by atoms with van der Waals surface area (Å²) in [6, 6.07) is 6.81. The van der Waals surface area contributed by atoms with Crippen LogP contribution < -0.4 is 5.32 Å². The number of nitrogens with zero attached hydrogens (tertiary/aromatic N) is 3. The van der Waals surface area contributed by atoms with Crippen LogP contribution in [0, 0.1) is 13.8 Å². The second-order valence-electron chi connectivity index (χ2n) is 7.26. The molecule has 26 heavy (non-hydrogen) atoms. The first-order valence-corrected chi connectivity index (χ1v) is 8.97. The molecule has 1 aliphatic rings. The van der Waals surface area contributed by atoms with Gasteiger partial charge in [-0.2, -0.15) is 4.98 Å². The number of likely N-dealkylation sites (N-methyl/N-ethyl adjacent to an activating group) is 1. The van der Waals surface area contributed by atoms with Gasteiger partial charge in [0, 0.05) is 29.5 Å². The first-order chi connectivity index (χ1) is 12.0. The smallest absolute Gasteiger partial charge is 0.258 e. The highest BCUT2D eigenvalue weighted by Gasteiger charge is 2.27. The zero-order chi connectivity index (χ0) is 17.6. The van der Waals surface area contributed by atoms with Gasteiger partial charge in [0.2, 0.25) is 0 Å². The summed E-state index contributed by atoms with van der Waals surface area (Å²) < 4.78 is 5.62. The molecular formula is C20H25ClN4O. The Morgan fingerprint density at radius 2 is 1.96 bits per heavy atom. The number of rotatable bonds is 5. The van der Waals surface area contributed by atoms with Gasteiger partial charge in [0.1, 0.15) is 0 Å². The molecule has 1 N–H and O–H groups in total. The highest BCUT2D eigenvalue weighted by Crippen LogP contribution is 2.42. The van der Waals surface area contributed by atoms with Crippen molar-refractivity contribution in [1.82, 2.24) is 20.4 Å². The van der Waals surface area contributed by atoms with Crippen LogP contribution in [0.1, 0.15) is 48.3 Å². The molecule has 0 spiro atoms. The molecule has 2 aromatic heterocycles. The lowest BCUT2D eigenvalue weighted by molar-refractivity contribution is 0.418. The molecule has 1 fully saturated rings. The summed E-state index contributed by atoms with van der Waals surface area (Å²) in [7, 11) is 1.94. The van der Waals surface area contributed by atoms with Gasteiger partial charge in [-0.3, -0.25) is 4.98 Å². The Morgan fingerprint density at radius 3 is 2.65 bits per heavy atom. The third-order valence-corrected chi connectivity index (χ3v) is 4.94. The van der Waals surface area contributed by atoms with Crippen LogP contribution in [0.4, 0.5) is 0 Å². The average Bonchev–Trinajstić information content (AvgIpc) is 3.34. The van der Waals surface area contributed by atoms with E-state index < -0.39 is 0 Å². The highest BCUT2D eigenvalue weighted by atomic mass is 35.5. The molecule has 0 radical (unpaired) electrons. The molecule has 1 saturated carbocycles. The van der Waals surface area contributed by atoms with E-state index in [9.17, 15) is 0 Å². The molecule has 1 atom stereocenters. The quantitative estimate of drug-likeness (QED) is 0.721. The molecule has 4 rings (SSSR count). The predicted octanol–water partition coefficient (Wildman–Crippen LogP) is 4.35. The predicted molar refractivity (Wildman–Crippen MR) is 106 cm³/mol. The third-order valence-electron chi connectivity index (χ3n) is 4.94. The van der Waals surface area contributed by atoms with E-state index in [1.807, 2.05) is 7.05 Å². The lowest BCUT2D eigenvalue weighted by Gasteiger charge is -2.10. The van der Waals surface area contributed by atoms with Gasteiger partial charge >= 0.3 is 0 Å². The third kappa shape index (κ3) is 3.60. The van der Waals surface area contributed by atoms with E-state index >= 15 is 0 Å². The minimum Gasteiger partial charge on any atom is -0.334 e. The van der Waals surface area contributed by atoms with Crippen molar-refractivity contribution in [3.05, 3.63) is 40.8 Å². The summed E-state index contributed by atoms with van der Waals surface area (Å²) in [6.07, 6.45) is 3.19.